The van der Waals surface area contributed by atoms with Gasteiger partial charge in [0.15, 0.2) is 0 Å². The van der Waals surface area contributed by atoms with Crippen LogP contribution in [0.3, 0.4) is 0 Å². The summed E-state index contributed by atoms with van der Waals surface area (Å²) in [4.78, 5) is 11.2. The second-order valence-electron chi connectivity index (χ2n) is 7.50. The molecule has 0 spiro atoms. The number of hydrogen-bond acceptors (Lipinski definition) is 5. The number of nitrogens with zero attached hydrogens (tertiary/aromatic N) is 4. The normalized spacial score (nSPS) is 17.2. The average molecular weight is 384 g/mol. The van der Waals surface area contributed by atoms with E-state index in [2.05, 4.69) is 39.1 Å². The van der Waals surface area contributed by atoms with E-state index in [1.54, 1.807) is 12.4 Å². The van der Waals surface area contributed by atoms with Gasteiger partial charge >= 0.3 is 0 Å². The lowest BCUT2D eigenvalue weighted by Crippen LogP contribution is -2.52. The molecule has 0 radical (unpaired) electrons. The quantitative estimate of drug-likeness (QED) is 0.706. The van der Waals surface area contributed by atoms with Crippen LogP contribution in [0, 0.1) is 11.3 Å². The Balaban J connectivity index is 1.94. The highest BCUT2D eigenvalue weighted by Crippen LogP contribution is 2.42. The van der Waals surface area contributed by atoms with E-state index >= 15 is 0 Å². The summed E-state index contributed by atoms with van der Waals surface area (Å²) in [6.45, 7) is 0.994. The van der Waals surface area contributed by atoms with E-state index in [0.717, 1.165) is 36.1 Å². The second kappa shape index (κ2) is 8.52. The summed E-state index contributed by atoms with van der Waals surface area (Å²) >= 11 is 0. The van der Waals surface area contributed by atoms with Crippen molar-refractivity contribution in [3.8, 4) is 6.07 Å². The number of benzene rings is 1. The van der Waals surface area contributed by atoms with Crippen LogP contribution in [0.1, 0.15) is 35.1 Å². The summed E-state index contributed by atoms with van der Waals surface area (Å²) < 4.78 is 0. The van der Waals surface area contributed by atoms with Crippen molar-refractivity contribution in [3.63, 3.8) is 0 Å². The Bertz CT molecular complexity index is 945. The zero-order chi connectivity index (χ0) is 20.1. The van der Waals surface area contributed by atoms with E-state index in [4.69, 9.17) is 0 Å². The number of aromatic nitrogens is 2. The van der Waals surface area contributed by atoms with Crippen molar-refractivity contribution >= 4 is 0 Å². The van der Waals surface area contributed by atoms with Crippen LogP contribution in [0.2, 0.25) is 0 Å². The Morgan fingerprint density at radius 1 is 1.07 bits per heavy atom. The molecule has 5 nitrogen and oxygen atoms in total. The van der Waals surface area contributed by atoms with E-state index in [9.17, 15) is 10.4 Å². The molecular weight excluding hydrogens is 360 g/mol. The van der Waals surface area contributed by atoms with Gasteiger partial charge in [-0.2, -0.15) is 5.26 Å². The van der Waals surface area contributed by atoms with Crippen LogP contribution in [0.4, 0.5) is 0 Å². The molecule has 1 unspecified atom stereocenters. The number of aliphatic hydroxyl groups is 1. The Hall–Kier alpha value is -3.07. The van der Waals surface area contributed by atoms with Gasteiger partial charge in [-0.05, 0) is 66.8 Å². The number of rotatable bonds is 6. The monoisotopic (exact) mass is 384 g/mol. The number of pyridine rings is 2. The molecule has 0 amide bonds. The molecule has 1 aliphatic rings. The first-order valence-electron chi connectivity index (χ1n) is 9.95. The predicted octanol–water partition coefficient (Wildman–Crippen LogP) is 3.29. The Morgan fingerprint density at radius 2 is 1.79 bits per heavy atom. The summed E-state index contributed by atoms with van der Waals surface area (Å²) in [5.74, 6) is 0. The molecule has 1 fully saturated rings. The van der Waals surface area contributed by atoms with Crippen molar-refractivity contribution < 1.29 is 5.11 Å². The highest BCUT2D eigenvalue weighted by molar-refractivity contribution is 5.41. The van der Waals surface area contributed by atoms with Crippen molar-refractivity contribution in [1.82, 2.24) is 14.9 Å². The van der Waals surface area contributed by atoms with Crippen molar-refractivity contribution in [2.45, 2.75) is 30.8 Å². The topological polar surface area (TPSA) is 73.0 Å². The zero-order valence-corrected chi connectivity index (χ0v) is 16.3. The summed E-state index contributed by atoms with van der Waals surface area (Å²) in [5.41, 5.74) is 3.32. The van der Waals surface area contributed by atoms with Gasteiger partial charge in [-0.1, -0.05) is 24.3 Å². The molecule has 3 heterocycles. The fourth-order valence-electron chi connectivity index (χ4n) is 4.59. The first-order valence-corrected chi connectivity index (χ1v) is 9.95. The highest BCUT2D eigenvalue weighted by atomic mass is 16.3. The molecule has 0 saturated carbocycles. The van der Waals surface area contributed by atoms with Gasteiger partial charge in [0.25, 0.3) is 0 Å². The molecule has 4 rings (SSSR count). The molecule has 2 aromatic heterocycles. The molecular formula is C24H24N4O. The minimum absolute atomic E-state index is 0.0644. The molecule has 3 aromatic rings. The van der Waals surface area contributed by atoms with E-state index in [1.807, 2.05) is 42.7 Å². The molecule has 0 aliphatic carbocycles. The van der Waals surface area contributed by atoms with Crippen LogP contribution in [-0.4, -0.2) is 39.2 Å². The smallest absolute Gasteiger partial charge is 0.0991 e. The maximum atomic E-state index is 10.1. The second-order valence-corrected chi connectivity index (χ2v) is 7.50. The van der Waals surface area contributed by atoms with Gasteiger partial charge in [-0.25, -0.2) is 0 Å². The number of nitriles is 1. The van der Waals surface area contributed by atoms with E-state index in [0.29, 0.717) is 12.0 Å². The molecule has 5 heteroatoms. The number of hydrogen-bond donors (Lipinski definition) is 1. The fraction of sp³-hybridized carbons (Fsp3) is 0.292. The van der Waals surface area contributed by atoms with Crippen LogP contribution in [0.5, 0.6) is 0 Å². The zero-order valence-electron chi connectivity index (χ0n) is 16.3. The van der Waals surface area contributed by atoms with Crippen LogP contribution < -0.4 is 0 Å². The third-order valence-electron chi connectivity index (χ3n) is 5.87. The van der Waals surface area contributed by atoms with Gasteiger partial charge in [-0.3, -0.25) is 14.9 Å². The largest absolute Gasteiger partial charge is 0.395 e. The molecule has 1 N–H and O–H groups in total. The molecule has 1 saturated heterocycles. The average Bonchev–Trinajstić information content (AvgIpc) is 3.28. The maximum absolute atomic E-state index is 10.1. The van der Waals surface area contributed by atoms with E-state index < -0.39 is 5.54 Å². The van der Waals surface area contributed by atoms with Crippen LogP contribution in [0.15, 0.2) is 73.3 Å². The molecule has 1 aliphatic heterocycles. The van der Waals surface area contributed by atoms with Crippen LogP contribution in [-0.2, 0) is 12.0 Å². The van der Waals surface area contributed by atoms with Gasteiger partial charge < -0.3 is 5.11 Å². The fourth-order valence-corrected chi connectivity index (χ4v) is 4.59. The standard InChI is InChI=1S/C24H24N4O/c25-15-20-6-1-5-19(13-20)14-24(21-7-2-10-26-16-21,22-8-3-11-27-17-22)28-12-4-9-23(28)18-29/h1-3,5-8,10-11,13,16-17,23,29H,4,9,12,14,18H2. The summed E-state index contributed by atoms with van der Waals surface area (Å²) in [6.07, 6.45) is 10.0. The first-order chi connectivity index (χ1) is 14.3. The van der Waals surface area contributed by atoms with Crippen molar-refractivity contribution in [1.29, 1.82) is 5.26 Å². The van der Waals surface area contributed by atoms with Gasteiger partial charge in [0.2, 0.25) is 0 Å². The molecule has 0 bridgehead atoms. The summed E-state index contributed by atoms with van der Waals surface area (Å²) in [6, 6.07) is 18.2. The Morgan fingerprint density at radius 3 is 2.38 bits per heavy atom. The number of likely N-dealkylation sites (tertiary alicyclic amines) is 1. The Labute approximate surface area is 171 Å². The van der Waals surface area contributed by atoms with Crippen LogP contribution >= 0.6 is 0 Å². The Kier molecular flexibility index (Phi) is 5.66. The lowest BCUT2D eigenvalue weighted by Gasteiger charge is -2.45. The van der Waals surface area contributed by atoms with E-state index in [1.165, 1.54) is 0 Å². The van der Waals surface area contributed by atoms with Gasteiger partial charge in [-0.15, -0.1) is 0 Å². The highest BCUT2D eigenvalue weighted by Gasteiger charge is 2.45. The molecule has 1 atom stereocenters. The third kappa shape index (κ3) is 3.65. The lowest BCUT2D eigenvalue weighted by molar-refractivity contribution is 0.0685. The first kappa shape index (κ1) is 19.3. The van der Waals surface area contributed by atoms with Gasteiger partial charge in [0.05, 0.1) is 23.8 Å². The number of aliphatic hydroxyl groups excluding tert-OH is 1. The summed E-state index contributed by atoms with van der Waals surface area (Å²) in [7, 11) is 0. The van der Waals surface area contributed by atoms with E-state index in [-0.39, 0.29) is 12.6 Å². The van der Waals surface area contributed by atoms with Crippen molar-refractivity contribution in [2.24, 2.45) is 0 Å². The summed E-state index contributed by atoms with van der Waals surface area (Å²) in [5, 5.41) is 19.5. The predicted molar refractivity (Wildman–Crippen MR) is 111 cm³/mol. The van der Waals surface area contributed by atoms with Crippen molar-refractivity contribution in [3.05, 3.63) is 95.6 Å². The minimum atomic E-state index is -0.527. The molecule has 146 valence electrons. The van der Waals surface area contributed by atoms with Crippen LogP contribution in [0.25, 0.3) is 0 Å². The molecule has 1 aromatic carbocycles. The maximum Gasteiger partial charge on any atom is 0.0991 e. The van der Waals surface area contributed by atoms with Crippen molar-refractivity contribution in [2.75, 3.05) is 13.2 Å². The minimum Gasteiger partial charge on any atom is -0.395 e. The SMILES string of the molecule is N#Cc1cccc(CC(c2cccnc2)(c2cccnc2)N2CCCC2CO)c1. The van der Waals surface area contributed by atoms with Gasteiger partial charge in [0.1, 0.15) is 0 Å². The third-order valence-corrected chi connectivity index (χ3v) is 5.87. The molecule has 29 heavy (non-hydrogen) atoms. The van der Waals surface area contributed by atoms with Gasteiger partial charge in [0, 0.05) is 30.8 Å². The lowest BCUT2D eigenvalue weighted by atomic mass is 9.77.